The summed E-state index contributed by atoms with van der Waals surface area (Å²) in [5, 5.41) is 7.17. The second-order valence-electron chi connectivity index (χ2n) is 6.04. The molecule has 0 aliphatic carbocycles. The molecule has 0 radical (unpaired) electrons. The summed E-state index contributed by atoms with van der Waals surface area (Å²) >= 11 is 0. The van der Waals surface area contributed by atoms with Gasteiger partial charge >= 0.3 is 0 Å². The van der Waals surface area contributed by atoms with Crippen LogP contribution in [-0.4, -0.2) is 69.8 Å². The number of hydrogen-bond acceptors (Lipinski definition) is 6. The van der Waals surface area contributed by atoms with Crippen molar-refractivity contribution in [3.05, 3.63) is 23.3 Å². The molecular formula is C16H24N6O2. The number of aromatic nitrogens is 4. The second kappa shape index (κ2) is 7.67. The number of morpholine rings is 1. The maximum atomic E-state index is 12.1. The maximum absolute atomic E-state index is 12.1. The standard InChI is InChI=1S/C16H24N6O2/c1-12-14(13(2)22-16(20-12)18-11-19-22)3-4-15(23)17-5-6-21-7-9-24-10-8-21/h11H,3-10H2,1-2H3,(H,17,23). The maximum Gasteiger partial charge on any atom is 0.252 e. The van der Waals surface area contributed by atoms with Gasteiger partial charge in [0.2, 0.25) is 5.91 Å². The number of carbonyl (C=O) groups excluding carboxylic acids is 1. The number of amides is 1. The predicted molar refractivity (Wildman–Crippen MR) is 88.8 cm³/mol. The number of nitrogens with one attached hydrogen (secondary N) is 1. The van der Waals surface area contributed by atoms with E-state index >= 15 is 0 Å². The van der Waals surface area contributed by atoms with Crippen molar-refractivity contribution in [1.82, 2.24) is 29.8 Å². The lowest BCUT2D eigenvalue weighted by atomic mass is 10.1. The molecule has 24 heavy (non-hydrogen) atoms. The number of nitrogens with zero attached hydrogens (tertiary/aromatic N) is 5. The fourth-order valence-electron chi connectivity index (χ4n) is 3.02. The number of rotatable bonds is 6. The summed E-state index contributed by atoms with van der Waals surface area (Å²) in [6.07, 6.45) is 2.60. The third-order valence-electron chi connectivity index (χ3n) is 4.44. The molecular weight excluding hydrogens is 308 g/mol. The predicted octanol–water partition coefficient (Wildman–Crippen LogP) is 0.122. The average Bonchev–Trinajstić information content (AvgIpc) is 3.04. The zero-order valence-electron chi connectivity index (χ0n) is 14.3. The average molecular weight is 332 g/mol. The Bertz CT molecular complexity index is 708. The molecule has 0 unspecified atom stereocenters. The van der Waals surface area contributed by atoms with Crippen LogP contribution in [0.25, 0.3) is 5.78 Å². The smallest absolute Gasteiger partial charge is 0.252 e. The molecule has 3 heterocycles. The summed E-state index contributed by atoms with van der Waals surface area (Å²) < 4.78 is 7.04. The lowest BCUT2D eigenvalue weighted by molar-refractivity contribution is -0.121. The molecule has 3 rings (SSSR count). The zero-order valence-corrected chi connectivity index (χ0v) is 14.3. The first-order valence-electron chi connectivity index (χ1n) is 8.38. The Kier molecular flexibility index (Phi) is 5.37. The van der Waals surface area contributed by atoms with E-state index < -0.39 is 0 Å². The second-order valence-corrected chi connectivity index (χ2v) is 6.04. The first-order chi connectivity index (χ1) is 11.6. The van der Waals surface area contributed by atoms with Gasteiger partial charge in [-0.25, -0.2) is 9.50 Å². The summed E-state index contributed by atoms with van der Waals surface area (Å²) in [4.78, 5) is 22.9. The zero-order chi connectivity index (χ0) is 16.9. The molecule has 2 aromatic rings. The third kappa shape index (κ3) is 3.88. The molecule has 130 valence electrons. The van der Waals surface area contributed by atoms with Crippen molar-refractivity contribution < 1.29 is 9.53 Å². The van der Waals surface area contributed by atoms with E-state index in [9.17, 15) is 4.79 Å². The van der Waals surface area contributed by atoms with Crippen LogP contribution in [0.15, 0.2) is 6.33 Å². The van der Waals surface area contributed by atoms with Crippen LogP contribution >= 0.6 is 0 Å². The third-order valence-corrected chi connectivity index (χ3v) is 4.44. The van der Waals surface area contributed by atoms with Crippen LogP contribution in [0, 0.1) is 13.8 Å². The Morgan fingerprint density at radius 1 is 1.33 bits per heavy atom. The van der Waals surface area contributed by atoms with Crippen LogP contribution in [0.3, 0.4) is 0 Å². The van der Waals surface area contributed by atoms with Gasteiger partial charge in [0.15, 0.2) is 0 Å². The molecule has 0 saturated carbocycles. The van der Waals surface area contributed by atoms with Crippen molar-refractivity contribution in [3.63, 3.8) is 0 Å². The van der Waals surface area contributed by atoms with E-state index in [4.69, 9.17) is 4.74 Å². The first kappa shape index (κ1) is 16.8. The van der Waals surface area contributed by atoms with Gasteiger partial charge in [-0.15, -0.1) is 0 Å². The van der Waals surface area contributed by atoms with Gasteiger partial charge in [-0.1, -0.05) is 0 Å². The van der Waals surface area contributed by atoms with E-state index in [-0.39, 0.29) is 5.91 Å². The molecule has 0 bridgehead atoms. The van der Waals surface area contributed by atoms with Crippen LogP contribution in [-0.2, 0) is 16.0 Å². The fourth-order valence-corrected chi connectivity index (χ4v) is 3.02. The molecule has 1 aliphatic rings. The van der Waals surface area contributed by atoms with Crippen LogP contribution in [0.4, 0.5) is 0 Å². The number of ether oxygens (including phenoxy) is 1. The quantitative estimate of drug-likeness (QED) is 0.809. The number of carbonyl (C=O) groups is 1. The highest BCUT2D eigenvalue weighted by Crippen LogP contribution is 2.14. The lowest BCUT2D eigenvalue weighted by Gasteiger charge is -2.26. The van der Waals surface area contributed by atoms with Crippen LogP contribution in [0.2, 0.25) is 0 Å². The molecule has 8 nitrogen and oxygen atoms in total. The highest BCUT2D eigenvalue weighted by atomic mass is 16.5. The van der Waals surface area contributed by atoms with Crippen LogP contribution in [0.1, 0.15) is 23.4 Å². The molecule has 0 aromatic carbocycles. The Morgan fingerprint density at radius 2 is 2.12 bits per heavy atom. The molecule has 1 fully saturated rings. The number of hydrogen-bond donors (Lipinski definition) is 1. The van der Waals surface area contributed by atoms with E-state index in [0.29, 0.717) is 25.2 Å². The highest BCUT2D eigenvalue weighted by molar-refractivity contribution is 5.76. The van der Waals surface area contributed by atoms with Gasteiger partial charge in [0.05, 0.1) is 13.2 Å². The minimum absolute atomic E-state index is 0.0701. The summed E-state index contributed by atoms with van der Waals surface area (Å²) in [5.41, 5.74) is 2.97. The molecule has 2 aromatic heterocycles. The molecule has 1 N–H and O–H groups in total. The van der Waals surface area contributed by atoms with Gasteiger partial charge in [-0.05, 0) is 25.8 Å². The van der Waals surface area contributed by atoms with Gasteiger partial charge < -0.3 is 10.1 Å². The van der Waals surface area contributed by atoms with E-state index in [1.165, 1.54) is 6.33 Å². The van der Waals surface area contributed by atoms with Crippen molar-refractivity contribution in [2.24, 2.45) is 0 Å². The van der Waals surface area contributed by atoms with Crippen molar-refractivity contribution in [1.29, 1.82) is 0 Å². The monoisotopic (exact) mass is 332 g/mol. The van der Waals surface area contributed by atoms with Crippen LogP contribution < -0.4 is 5.32 Å². The van der Waals surface area contributed by atoms with E-state index in [0.717, 1.165) is 49.8 Å². The normalized spacial score (nSPS) is 15.8. The van der Waals surface area contributed by atoms with Crippen LogP contribution in [0.5, 0.6) is 0 Å². The molecule has 1 aliphatic heterocycles. The Hall–Kier alpha value is -2.06. The Morgan fingerprint density at radius 3 is 2.92 bits per heavy atom. The highest BCUT2D eigenvalue weighted by Gasteiger charge is 2.13. The fraction of sp³-hybridized carbons (Fsp3) is 0.625. The van der Waals surface area contributed by atoms with Crippen molar-refractivity contribution in [2.45, 2.75) is 26.7 Å². The molecule has 0 atom stereocenters. The van der Waals surface area contributed by atoms with Crippen molar-refractivity contribution in [3.8, 4) is 0 Å². The summed E-state index contributed by atoms with van der Waals surface area (Å²) in [5.74, 6) is 0.671. The number of fused-ring (bicyclic) bond motifs is 1. The topological polar surface area (TPSA) is 84.6 Å². The summed E-state index contributed by atoms with van der Waals surface area (Å²) in [7, 11) is 0. The molecule has 1 saturated heterocycles. The van der Waals surface area contributed by atoms with Crippen molar-refractivity contribution in [2.75, 3.05) is 39.4 Å². The Labute approximate surface area is 141 Å². The van der Waals surface area contributed by atoms with Gasteiger partial charge in [-0.3, -0.25) is 9.69 Å². The lowest BCUT2D eigenvalue weighted by Crippen LogP contribution is -2.41. The van der Waals surface area contributed by atoms with Crippen molar-refractivity contribution >= 4 is 11.7 Å². The van der Waals surface area contributed by atoms with Gasteiger partial charge in [-0.2, -0.15) is 10.1 Å². The largest absolute Gasteiger partial charge is 0.379 e. The van der Waals surface area contributed by atoms with Gasteiger partial charge in [0.25, 0.3) is 5.78 Å². The van der Waals surface area contributed by atoms with Gasteiger partial charge in [0.1, 0.15) is 6.33 Å². The van der Waals surface area contributed by atoms with E-state index in [1.54, 1.807) is 4.52 Å². The summed E-state index contributed by atoms with van der Waals surface area (Å²) in [6.45, 7) is 8.94. The Balaban J connectivity index is 1.49. The summed E-state index contributed by atoms with van der Waals surface area (Å²) in [6, 6.07) is 0. The first-order valence-corrected chi connectivity index (χ1v) is 8.38. The van der Waals surface area contributed by atoms with E-state index in [1.807, 2.05) is 13.8 Å². The molecule has 1 amide bonds. The van der Waals surface area contributed by atoms with Gasteiger partial charge in [0, 0.05) is 44.0 Å². The molecule has 0 spiro atoms. The SMILES string of the molecule is Cc1nc2ncnn2c(C)c1CCC(=O)NCCN1CCOCC1. The minimum Gasteiger partial charge on any atom is -0.379 e. The van der Waals surface area contributed by atoms with E-state index in [2.05, 4.69) is 25.3 Å². The minimum atomic E-state index is 0.0701. The number of aryl methyl sites for hydroxylation is 2. The molecule has 8 heteroatoms.